The zero-order valence-electron chi connectivity index (χ0n) is 15.5. The zero-order chi connectivity index (χ0) is 19.1. The van der Waals surface area contributed by atoms with Crippen LogP contribution in [0.5, 0.6) is 5.75 Å². The fourth-order valence-corrected chi connectivity index (χ4v) is 5.28. The van der Waals surface area contributed by atoms with Gasteiger partial charge in [0.15, 0.2) is 0 Å². The summed E-state index contributed by atoms with van der Waals surface area (Å²) in [6, 6.07) is 7.09. The summed E-state index contributed by atoms with van der Waals surface area (Å²) in [5.74, 6) is 2.04. The molecule has 7 heteroatoms. The second-order valence-corrected chi connectivity index (χ2v) is 8.45. The Labute approximate surface area is 164 Å². The fraction of sp³-hybridized carbons (Fsp3) is 0.250. The van der Waals surface area contributed by atoms with Crippen LogP contribution in [-0.4, -0.2) is 17.1 Å². The molecule has 1 aromatic carbocycles. The van der Waals surface area contributed by atoms with Gasteiger partial charge in [-0.15, -0.1) is 23.1 Å². The number of hydrogen-bond donors (Lipinski definition) is 0. The molecule has 4 rings (SSSR count). The first-order valence-electron chi connectivity index (χ1n) is 8.44. The molecular weight excluding hydrogens is 380 g/mol. The number of ether oxygens (including phenoxy) is 1. The number of fused-ring (bicyclic) bond motifs is 2. The fourth-order valence-electron chi connectivity index (χ4n) is 3.02. The summed E-state index contributed by atoms with van der Waals surface area (Å²) in [7, 11) is 1.59. The van der Waals surface area contributed by atoms with Gasteiger partial charge in [0.05, 0.1) is 7.11 Å². The van der Waals surface area contributed by atoms with E-state index in [1.807, 2.05) is 19.1 Å². The maximum absolute atomic E-state index is 12.0. The van der Waals surface area contributed by atoms with E-state index < -0.39 is 0 Å². The molecule has 0 aliphatic heterocycles. The molecule has 0 spiro atoms. The van der Waals surface area contributed by atoms with Crippen LogP contribution in [-0.2, 0) is 5.75 Å². The molecule has 3 aromatic heterocycles. The number of rotatable bonds is 4. The summed E-state index contributed by atoms with van der Waals surface area (Å²) >= 11 is 3.32. The highest BCUT2D eigenvalue weighted by Crippen LogP contribution is 2.37. The Morgan fingerprint density at radius 1 is 1.19 bits per heavy atom. The Balaban J connectivity index is 1.76. The van der Waals surface area contributed by atoms with E-state index >= 15 is 0 Å². The van der Waals surface area contributed by atoms with Crippen LogP contribution in [0.4, 0.5) is 0 Å². The molecule has 0 amide bonds. The van der Waals surface area contributed by atoms with Crippen LogP contribution in [0.15, 0.2) is 38.5 Å². The normalized spacial score (nSPS) is 11.4. The van der Waals surface area contributed by atoms with Gasteiger partial charge in [-0.2, -0.15) is 0 Å². The summed E-state index contributed by atoms with van der Waals surface area (Å²) in [5, 5.41) is 2.97. The van der Waals surface area contributed by atoms with Gasteiger partial charge in [-0.25, -0.2) is 14.8 Å². The minimum Gasteiger partial charge on any atom is -0.497 e. The standard InChI is InChI=1S/C20H18N2O3S2/c1-10-11(2)27-20-18(10)19(21-12(3)22-20)26-9-13-7-17(23)25-16-8-14(24-4)5-6-15(13)16/h5-8H,9H2,1-4H3. The smallest absolute Gasteiger partial charge is 0.336 e. The molecule has 3 heterocycles. The summed E-state index contributed by atoms with van der Waals surface area (Å²) in [6.07, 6.45) is 0. The molecule has 27 heavy (non-hydrogen) atoms. The SMILES string of the molecule is COc1ccc2c(CSc3nc(C)nc4sc(C)c(C)c34)cc(=O)oc2c1. The summed E-state index contributed by atoms with van der Waals surface area (Å²) in [5.41, 5.74) is 2.31. The molecule has 5 nitrogen and oxygen atoms in total. The highest BCUT2D eigenvalue weighted by molar-refractivity contribution is 7.98. The average molecular weight is 399 g/mol. The number of thiophene rings is 1. The molecule has 0 saturated heterocycles. The number of methoxy groups -OCH3 is 1. The van der Waals surface area contributed by atoms with Gasteiger partial charge in [-0.05, 0) is 44.0 Å². The van der Waals surface area contributed by atoms with Crippen molar-refractivity contribution in [2.75, 3.05) is 7.11 Å². The molecule has 0 atom stereocenters. The molecule has 0 saturated carbocycles. The van der Waals surface area contributed by atoms with Crippen LogP contribution in [0.25, 0.3) is 21.2 Å². The molecule has 0 aliphatic rings. The Kier molecular flexibility index (Phi) is 4.65. The zero-order valence-corrected chi connectivity index (χ0v) is 17.1. The quantitative estimate of drug-likeness (QED) is 0.273. The van der Waals surface area contributed by atoms with Crippen LogP contribution in [0, 0.1) is 20.8 Å². The first-order chi connectivity index (χ1) is 13.0. The van der Waals surface area contributed by atoms with Crippen LogP contribution in [0.3, 0.4) is 0 Å². The molecule has 0 fully saturated rings. The van der Waals surface area contributed by atoms with Gasteiger partial charge in [-0.1, -0.05) is 0 Å². The largest absolute Gasteiger partial charge is 0.497 e. The van der Waals surface area contributed by atoms with Gasteiger partial charge in [0.1, 0.15) is 27.0 Å². The second kappa shape index (κ2) is 6.98. The number of aromatic nitrogens is 2. The van der Waals surface area contributed by atoms with Crippen molar-refractivity contribution >= 4 is 44.3 Å². The van der Waals surface area contributed by atoms with Crippen molar-refractivity contribution in [3.8, 4) is 5.75 Å². The molecule has 0 radical (unpaired) electrons. The lowest BCUT2D eigenvalue weighted by Crippen LogP contribution is -2.00. The van der Waals surface area contributed by atoms with Crippen molar-refractivity contribution in [1.82, 2.24) is 9.97 Å². The monoisotopic (exact) mass is 398 g/mol. The number of benzene rings is 1. The Morgan fingerprint density at radius 3 is 2.78 bits per heavy atom. The molecule has 0 bridgehead atoms. The van der Waals surface area contributed by atoms with Crippen molar-refractivity contribution in [1.29, 1.82) is 0 Å². The summed E-state index contributed by atoms with van der Waals surface area (Å²) < 4.78 is 10.6. The van der Waals surface area contributed by atoms with Crippen LogP contribution >= 0.6 is 23.1 Å². The number of aryl methyl sites for hydroxylation is 3. The highest BCUT2D eigenvalue weighted by Gasteiger charge is 2.15. The van der Waals surface area contributed by atoms with Gasteiger partial charge in [-0.3, -0.25) is 0 Å². The van der Waals surface area contributed by atoms with E-state index in [-0.39, 0.29) is 5.63 Å². The predicted molar refractivity (Wildman–Crippen MR) is 110 cm³/mol. The third-order valence-electron chi connectivity index (χ3n) is 4.51. The van der Waals surface area contributed by atoms with Crippen molar-refractivity contribution in [2.45, 2.75) is 31.6 Å². The van der Waals surface area contributed by atoms with E-state index in [1.54, 1.807) is 42.3 Å². The third kappa shape index (κ3) is 3.33. The second-order valence-electron chi connectivity index (χ2n) is 6.28. The molecule has 0 unspecified atom stereocenters. The average Bonchev–Trinajstić information content (AvgIpc) is 2.92. The number of hydrogen-bond acceptors (Lipinski definition) is 7. The van der Waals surface area contributed by atoms with E-state index in [0.717, 1.165) is 32.0 Å². The molecule has 138 valence electrons. The highest BCUT2D eigenvalue weighted by atomic mass is 32.2. The minimum absolute atomic E-state index is 0.363. The summed E-state index contributed by atoms with van der Waals surface area (Å²) in [4.78, 5) is 23.5. The molecule has 0 N–H and O–H groups in total. The van der Waals surface area contributed by atoms with Crippen LogP contribution in [0.2, 0.25) is 0 Å². The van der Waals surface area contributed by atoms with E-state index in [1.165, 1.54) is 10.4 Å². The van der Waals surface area contributed by atoms with Crippen molar-refractivity contribution in [2.24, 2.45) is 0 Å². The van der Waals surface area contributed by atoms with Crippen LogP contribution < -0.4 is 10.4 Å². The Bertz CT molecular complexity index is 1230. The van der Waals surface area contributed by atoms with Crippen LogP contribution in [0.1, 0.15) is 21.8 Å². The van der Waals surface area contributed by atoms with E-state index in [0.29, 0.717) is 17.1 Å². The maximum Gasteiger partial charge on any atom is 0.336 e. The topological polar surface area (TPSA) is 65.2 Å². The number of thioether (sulfide) groups is 1. The van der Waals surface area contributed by atoms with Crippen molar-refractivity contribution in [3.63, 3.8) is 0 Å². The van der Waals surface area contributed by atoms with Gasteiger partial charge in [0.2, 0.25) is 0 Å². The lowest BCUT2D eigenvalue weighted by Gasteiger charge is -2.08. The first-order valence-corrected chi connectivity index (χ1v) is 10.2. The summed E-state index contributed by atoms with van der Waals surface area (Å²) in [6.45, 7) is 6.12. The first kappa shape index (κ1) is 18.0. The van der Waals surface area contributed by atoms with Crippen molar-refractivity contribution in [3.05, 3.63) is 56.5 Å². The van der Waals surface area contributed by atoms with Gasteiger partial charge < -0.3 is 9.15 Å². The van der Waals surface area contributed by atoms with Gasteiger partial charge in [0, 0.05) is 33.5 Å². The van der Waals surface area contributed by atoms with E-state index in [4.69, 9.17) is 9.15 Å². The predicted octanol–water partition coefficient (Wildman–Crippen LogP) is 5.02. The van der Waals surface area contributed by atoms with E-state index in [2.05, 4.69) is 23.8 Å². The van der Waals surface area contributed by atoms with E-state index in [9.17, 15) is 4.79 Å². The molecule has 0 aliphatic carbocycles. The third-order valence-corrected chi connectivity index (χ3v) is 6.63. The van der Waals surface area contributed by atoms with Crippen molar-refractivity contribution < 1.29 is 9.15 Å². The molecular formula is C20H18N2O3S2. The maximum atomic E-state index is 12.0. The lowest BCUT2D eigenvalue weighted by atomic mass is 10.1. The Hall–Kier alpha value is -2.38. The van der Waals surface area contributed by atoms with Gasteiger partial charge in [0.25, 0.3) is 0 Å². The minimum atomic E-state index is -0.363. The lowest BCUT2D eigenvalue weighted by molar-refractivity contribution is 0.414. The van der Waals surface area contributed by atoms with Gasteiger partial charge >= 0.3 is 5.63 Å². The molecule has 4 aromatic rings. The number of nitrogens with zero attached hydrogens (tertiary/aromatic N) is 2. The Morgan fingerprint density at radius 2 is 2.00 bits per heavy atom.